The largest absolute Gasteiger partial charge is 0.493 e. The Morgan fingerprint density at radius 2 is 1.33 bits per heavy atom. The van der Waals surface area contributed by atoms with Crippen molar-refractivity contribution in [1.29, 1.82) is 0 Å². The van der Waals surface area contributed by atoms with E-state index >= 15 is 0 Å². The van der Waals surface area contributed by atoms with E-state index in [9.17, 15) is 0 Å². The lowest BCUT2D eigenvalue weighted by atomic mass is 9.88. The molecule has 30 heavy (non-hydrogen) atoms. The molecule has 0 spiro atoms. The number of ether oxygens (including phenoxy) is 4. The molecule has 0 saturated heterocycles. The number of rotatable bonds is 11. The van der Waals surface area contributed by atoms with Crippen molar-refractivity contribution >= 4 is 0 Å². The second-order valence-electron chi connectivity index (χ2n) is 7.21. The van der Waals surface area contributed by atoms with Crippen molar-refractivity contribution in [2.45, 2.75) is 31.7 Å². The minimum absolute atomic E-state index is 0.217. The van der Waals surface area contributed by atoms with Crippen LogP contribution in [0.3, 0.4) is 0 Å². The van der Waals surface area contributed by atoms with E-state index in [1.54, 1.807) is 21.3 Å². The van der Waals surface area contributed by atoms with Crippen molar-refractivity contribution in [3.8, 4) is 11.5 Å². The third-order valence-corrected chi connectivity index (χ3v) is 5.22. The molecule has 0 aliphatic carbocycles. The highest BCUT2D eigenvalue weighted by atomic mass is 16.7. The Hall–Kier alpha value is -2.82. The Kier molecular flexibility index (Phi) is 8.30. The zero-order valence-electron chi connectivity index (χ0n) is 17.9. The van der Waals surface area contributed by atoms with Crippen LogP contribution in [0.25, 0.3) is 0 Å². The summed E-state index contributed by atoms with van der Waals surface area (Å²) < 4.78 is 22.6. The molecule has 0 aliphatic heterocycles. The zero-order valence-corrected chi connectivity index (χ0v) is 17.9. The summed E-state index contributed by atoms with van der Waals surface area (Å²) in [6.07, 6.45) is 1.37. The second-order valence-corrected chi connectivity index (χ2v) is 7.21. The summed E-state index contributed by atoms with van der Waals surface area (Å²) in [6, 6.07) is 26.7. The lowest BCUT2D eigenvalue weighted by Crippen LogP contribution is -2.18. The average molecular weight is 407 g/mol. The normalized spacial score (nSPS) is 12.0. The number of hydrogen-bond donors (Lipinski definition) is 0. The fraction of sp³-hybridized carbons (Fsp3) is 0.308. The smallest absolute Gasteiger partial charge is 0.161 e. The number of hydrogen-bond acceptors (Lipinski definition) is 4. The molecule has 0 saturated carbocycles. The summed E-state index contributed by atoms with van der Waals surface area (Å²) >= 11 is 0. The molecule has 0 fully saturated rings. The molecule has 1 unspecified atom stereocenters. The van der Waals surface area contributed by atoms with Crippen molar-refractivity contribution in [2.75, 3.05) is 21.3 Å². The van der Waals surface area contributed by atoms with Crippen molar-refractivity contribution in [1.82, 2.24) is 0 Å². The van der Waals surface area contributed by atoms with Gasteiger partial charge in [-0.05, 0) is 41.2 Å². The van der Waals surface area contributed by atoms with Gasteiger partial charge in [0, 0.05) is 20.6 Å². The van der Waals surface area contributed by atoms with Gasteiger partial charge < -0.3 is 18.9 Å². The molecule has 0 heterocycles. The van der Waals surface area contributed by atoms with Gasteiger partial charge in [-0.3, -0.25) is 0 Å². The lowest BCUT2D eigenvalue weighted by Gasteiger charge is -2.23. The second kappa shape index (κ2) is 11.4. The van der Waals surface area contributed by atoms with E-state index in [0.29, 0.717) is 6.61 Å². The van der Waals surface area contributed by atoms with Gasteiger partial charge in [0.25, 0.3) is 0 Å². The molecule has 0 bridgehead atoms. The first-order valence-electron chi connectivity index (χ1n) is 10.2. The summed E-state index contributed by atoms with van der Waals surface area (Å²) in [4.78, 5) is 0. The molecule has 0 amide bonds. The van der Waals surface area contributed by atoms with Crippen LogP contribution >= 0.6 is 0 Å². The first-order chi connectivity index (χ1) is 14.7. The number of benzene rings is 3. The Morgan fingerprint density at radius 3 is 1.93 bits per heavy atom. The minimum atomic E-state index is -0.265. The van der Waals surface area contributed by atoms with Gasteiger partial charge in [0.15, 0.2) is 17.8 Å². The zero-order chi connectivity index (χ0) is 21.2. The topological polar surface area (TPSA) is 36.9 Å². The monoisotopic (exact) mass is 406 g/mol. The van der Waals surface area contributed by atoms with E-state index in [-0.39, 0.29) is 12.2 Å². The van der Waals surface area contributed by atoms with E-state index < -0.39 is 0 Å². The summed E-state index contributed by atoms with van der Waals surface area (Å²) in [6.45, 7) is 0.499. The van der Waals surface area contributed by atoms with Gasteiger partial charge in [0.05, 0.1) is 7.11 Å². The van der Waals surface area contributed by atoms with E-state index in [1.807, 2.05) is 42.5 Å². The van der Waals surface area contributed by atoms with Gasteiger partial charge in [-0.15, -0.1) is 0 Å². The van der Waals surface area contributed by atoms with Crippen molar-refractivity contribution in [3.05, 3.63) is 95.6 Å². The Labute approximate surface area is 179 Å². The highest BCUT2D eigenvalue weighted by Gasteiger charge is 2.20. The Balaban J connectivity index is 1.81. The maximum atomic E-state index is 6.02. The molecule has 0 N–H and O–H groups in total. The van der Waals surface area contributed by atoms with Gasteiger partial charge in [0.2, 0.25) is 0 Å². The summed E-state index contributed by atoms with van der Waals surface area (Å²) in [5, 5.41) is 0. The average Bonchev–Trinajstić information content (AvgIpc) is 2.81. The van der Waals surface area contributed by atoms with E-state index in [1.165, 1.54) is 11.1 Å². The molecule has 3 aromatic carbocycles. The molecule has 3 rings (SSSR count). The van der Waals surface area contributed by atoms with Crippen LogP contribution in [0.15, 0.2) is 78.9 Å². The molecule has 0 aliphatic rings. The van der Waals surface area contributed by atoms with Crippen LogP contribution in [0.4, 0.5) is 0 Å². The molecule has 4 heteroatoms. The standard InChI is InChI=1S/C26H30O4/c1-27-25-17-22(14-15-24(25)30-19-21-12-8-5-9-13-21)23(18-26(28-2)29-3)16-20-10-6-4-7-11-20/h4-15,17,23,26H,16,18-19H2,1-3H3. The lowest BCUT2D eigenvalue weighted by molar-refractivity contribution is -0.109. The highest BCUT2D eigenvalue weighted by molar-refractivity contribution is 5.44. The van der Waals surface area contributed by atoms with Crippen LogP contribution in [0.2, 0.25) is 0 Å². The minimum Gasteiger partial charge on any atom is -0.493 e. The summed E-state index contributed by atoms with van der Waals surface area (Å²) in [5.41, 5.74) is 3.56. The number of methoxy groups -OCH3 is 3. The van der Waals surface area contributed by atoms with E-state index in [4.69, 9.17) is 18.9 Å². The maximum absolute atomic E-state index is 6.02. The molecule has 4 nitrogen and oxygen atoms in total. The molecule has 0 aromatic heterocycles. The third kappa shape index (κ3) is 6.09. The third-order valence-electron chi connectivity index (χ3n) is 5.22. The predicted molar refractivity (Wildman–Crippen MR) is 119 cm³/mol. The van der Waals surface area contributed by atoms with Gasteiger partial charge in [-0.2, -0.15) is 0 Å². The molecular weight excluding hydrogens is 376 g/mol. The van der Waals surface area contributed by atoms with Gasteiger partial charge in [-0.25, -0.2) is 0 Å². The SMILES string of the molecule is COc1cc(C(Cc2ccccc2)CC(OC)OC)ccc1OCc1ccccc1. The van der Waals surface area contributed by atoms with Crippen LogP contribution in [0.5, 0.6) is 11.5 Å². The molecular formula is C26H30O4. The molecule has 0 radical (unpaired) electrons. The van der Waals surface area contributed by atoms with E-state index in [0.717, 1.165) is 29.9 Å². The first kappa shape index (κ1) is 21.9. The van der Waals surface area contributed by atoms with Gasteiger partial charge in [-0.1, -0.05) is 66.7 Å². The predicted octanol–water partition coefficient (Wildman–Crippen LogP) is 5.61. The quantitative estimate of drug-likeness (QED) is 0.388. The van der Waals surface area contributed by atoms with Crippen molar-refractivity contribution in [3.63, 3.8) is 0 Å². The summed E-state index contributed by atoms with van der Waals surface area (Å²) in [5.74, 6) is 1.68. The van der Waals surface area contributed by atoms with Crippen LogP contribution in [0.1, 0.15) is 29.0 Å². The van der Waals surface area contributed by atoms with Crippen molar-refractivity contribution in [2.24, 2.45) is 0 Å². The van der Waals surface area contributed by atoms with Crippen LogP contribution in [-0.2, 0) is 22.5 Å². The van der Waals surface area contributed by atoms with E-state index in [2.05, 4.69) is 36.4 Å². The Bertz CT molecular complexity index is 876. The fourth-order valence-corrected chi connectivity index (χ4v) is 3.55. The first-order valence-corrected chi connectivity index (χ1v) is 10.2. The molecule has 1 atom stereocenters. The van der Waals surface area contributed by atoms with Gasteiger partial charge in [0.1, 0.15) is 6.61 Å². The van der Waals surface area contributed by atoms with Crippen LogP contribution in [0, 0.1) is 0 Å². The summed E-state index contributed by atoms with van der Waals surface area (Å²) in [7, 11) is 5.03. The molecule has 158 valence electrons. The maximum Gasteiger partial charge on any atom is 0.161 e. The van der Waals surface area contributed by atoms with Crippen LogP contribution < -0.4 is 9.47 Å². The van der Waals surface area contributed by atoms with Crippen LogP contribution in [-0.4, -0.2) is 27.6 Å². The van der Waals surface area contributed by atoms with Crippen molar-refractivity contribution < 1.29 is 18.9 Å². The fourth-order valence-electron chi connectivity index (χ4n) is 3.55. The van der Waals surface area contributed by atoms with Gasteiger partial charge >= 0.3 is 0 Å². The highest BCUT2D eigenvalue weighted by Crippen LogP contribution is 2.35. The molecule has 3 aromatic rings. The Morgan fingerprint density at radius 1 is 0.700 bits per heavy atom.